The fourth-order valence-corrected chi connectivity index (χ4v) is 6.50. The lowest BCUT2D eigenvalue weighted by Gasteiger charge is -2.43. The van der Waals surface area contributed by atoms with Crippen LogP contribution >= 0.6 is 11.8 Å². The van der Waals surface area contributed by atoms with E-state index in [1.807, 2.05) is 0 Å². The molecule has 1 N–H and O–H groups in total. The van der Waals surface area contributed by atoms with Crippen molar-refractivity contribution in [2.75, 3.05) is 37.0 Å². The van der Waals surface area contributed by atoms with Crippen molar-refractivity contribution < 1.29 is 13.5 Å². The third kappa shape index (κ3) is 3.70. The van der Waals surface area contributed by atoms with Gasteiger partial charge in [-0.3, -0.25) is 4.90 Å². The molecule has 1 atom stereocenters. The Balaban J connectivity index is 2.11. The van der Waals surface area contributed by atoms with Crippen LogP contribution < -0.4 is 0 Å². The summed E-state index contributed by atoms with van der Waals surface area (Å²) < 4.78 is 24.6. The Kier molecular flexibility index (Phi) is 5.79. The molecular weight excluding hydrogens is 294 g/mol. The Morgan fingerprint density at radius 3 is 2.60 bits per heavy atom. The molecule has 1 unspecified atom stereocenters. The van der Waals surface area contributed by atoms with Gasteiger partial charge in [0, 0.05) is 42.4 Å². The molecule has 0 aromatic rings. The van der Waals surface area contributed by atoms with Crippen LogP contribution in [0.15, 0.2) is 0 Å². The minimum absolute atomic E-state index is 0.0677. The number of sulfone groups is 1. The van der Waals surface area contributed by atoms with E-state index in [0.717, 1.165) is 44.5 Å². The first-order chi connectivity index (χ1) is 9.53. The van der Waals surface area contributed by atoms with Gasteiger partial charge >= 0.3 is 0 Å². The quantitative estimate of drug-likeness (QED) is 0.836. The molecule has 1 saturated carbocycles. The molecule has 0 spiro atoms. The lowest BCUT2D eigenvalue weighted by molar-refractivity contribution is 0.0390. The SMILES string of the molecule is CCS(=O)(=O)C1CSCCN1CC1(CO)CCCCC1. The van der Waals surface area contributed by atoms with E-state index in [1.165, 1.54) is 6.42 Å². The monoisotopic (exact) mass is 321 g/mol. The average Bonchev–Trinajstić information content (AvgIpc) is 2.48. The van der Waals surface area contributed by atoms with E-state index in [9.17, 15) is 13.5 Å². The molecule has 0 radical (unpaired) electrons. The Morgan fingerprint density at radius 1 is 1.30 bits per heavy atom. The predicted octanol–water partition coefficient (Wildman–Crippen LogP) is 1.74. The largest absolute Gasteiger partial charge is 0.396 e. The highest BCUT2D eigenvalue weighted by Gasteiger charge is 2.39. The second-order valence-electron chi connectivity index (χ2n) is 6.17. The summed E-state index contributed by atoms with van der Waals surface area (Å²) in [6, 6.07) is 0. The van der Waals surface area contributed by atoms with Crippen molar-refractivity contribution in [3.8, 4) is 0 Å². The van der Waals surface area contributed by atoms with E-state index in [4.69, 9.17) is 0 Å². The molecule has 6 heteroatoms. The molecule has 2 aliphatic rings. The molecule has 0 amide bonds. The Morgan fingerprint density at radius 2 is 2.00 bits per heavy atom. The van der Waals surface area contributed by atoms with E-state index < -0.39 is 9.84 Å². The van der Waals surface area contributed by atoms with Gasteiger partial charge in [-0.1, -0.05) is 26.2 Å². The average molecular weight is 322 g/mol. The number of thioether (sulfide) groups is 1. The minimum atomic E-state index is -3.03. The Hall–Kier alpha value is 0.220. The molecule has 1 aliphatic carbocycles. The zero-order chi connectivity index (χ0) is 14.6. The second-order valence-corrected chi connectivity index (χ2v) is 9.77. The van der Waals surface area contributed by atoms with Crippen molar-refractivity contribution in [3.05, 3.63) is 0 Å². The fourth-order valence-electron chi connectivity index (χ4n) is 3.42. The van der Waals surface area contributed by atoms with Crippen LogP contribution in [0.1, 0.15) is 39.0 Å². The Labute approximate surface area is 127 Å². The molecule has 1 heterocycles. The van der Waals surface area contributed by atoms with Gasteiger partial charge in [0.15, 0.2) is 9.84 Å². The summed E-state index contributed by atoms with van der Waals surface area (Å²) in [5.74, 6) is 1.88. The summed E-state index contributed by atoms with van der Waals surface area (Å²) in [5, 5.41) is 9.49. The van der Waals surface area contributed by atoms with E-state index in [-0.39, 0.29) is 23.1 Å². The number of rotatable bonds is 5. The second kappa shape index (κ2) is 6.99. The highest BCUT2D eigenvalue weighted by molar-refractivity contribution is 8.01. The number of aliphatic hydroxyl groups is 1. The topological polar surface area (TPSA) is 57.6 Å². The molecule has 0 bridgehead atoms. The highest BCUT2D eigenvalue weighted by Crippen LogP contribution is 2.38. The van der Waals surface area contributed by atoms with Gasteiger partial charge < -0.3 is 5.11 Å². The van der Waals surface area contributed by atoms with Crippen LogP contribution in [0.2, 0.25) is 0 Å². The summed E-state index contributed by atoms with van der Waals surface area (Å²) >= 11 is 1.73. The summed E-state index contributed by atoms with van der Waals surface area (Å²) in [6.45, 7) is 3.50. The van der Waals surface area contributed by atoms with Crippen LogP contribution in [0.4, 0.5) is 0 Å². The third-order valence-corrected chi connectivity index (χ3v) is 8.13. The first kappa shape index (κ1) is 16.6. The van der Waals surface area contributed by atoms with Crippen LogP contribution in [0, 0.1) is 5.41 Å². The molecule has 1 aliphatic heterocycles. The van der Waals surface area contributed by atoms with E-state index in [1.54, 1.807) is 18.7 Å². The smallest absolute Gasteiger partial charge is 0.166 e. The van der Waals surface area contributed by atoms with E-state index in [2.05, 4.69) is 4.90 Å². The molecular formula is C14H27NO3S2. The van der Waals surface area contributed by atoms with Crippen molar-refractivity contribution in [1.82, 2.24) is 4.90 Å². The maximum Gasteiger partial charge on any atom is 0.166 e. The van der Waals surface area contributed by atoms with Gasteiger partial charge in [-0.25, -0.2) is 8.42 Å². The summed E-state index contributed by atoms with van der Waals surface area (Å²) in [6.07, 6.45) is 5.63. The normalized spacial score (nSPS) is 28.4. The van der Waals surface area contributed by atoms with Crippen molar-refractivity contribution >= 4 is 21.6 Å². The van der Waals surface area contributed by atoms with Crippen LogP contribution in [0.5, 0.6) is 0 Å². The molecule has 1 saturated heterocycles. The molecule has 2 fully saturated rings. The molecule has 2 rings (SSSR count). The summed E-state index contributed by atoms with van der Waals surface area (Å²) in [7, 11) is -3.03. The van der Waals surface area contributed by atoms with Gasteiger partial charge in [-0.2, -0.15) is 11.8 Å². The number of hydrogen-bond acceptors (Lipinski definition) is 5. The van der Waals surface area contributed by atoms with Gasteiger partial charge in [0.25, 0.3) is 0 Å². The number of hydrogen-bond donors (Lipinski definition) is 1. The van der Waals surface area contributed by atoms with E-state index in [0.29, 0.717) is 5.75 Å². The van der Waals surface area contributed by atoms with Crippen molar-refractivity contribution in [1.29, 1.82) is 0 Å². The zero-order valence-electron chi connectivity index (χ0n) is 12.4. The van der Waals surface area contributed by atoms with Crippen LogP contribution in [-0.2, 0) is 9.84 Å². The maximum atomic E-state index is 12.3. The van der Waals surface area contributed by atoms with Gasteiger partial charge in [-0.15, -0.1) is 0 Å². The maximum absolute atomic E-state index is 12.3. The number of aliphatic hydroxyl groups excluding tert-OH is 1. The van der Waals surface area contributed by atoms with Gasteiger partial charge in [-0.05, 0) is 12.8 Å². The lowest BCUT2D eigenvalue weighted by Crippen LogP contribution is -2.53. The first-order valence-electron chi connectivity index (χ1n) is 7.67. The highest BCUT2D eigenvalue weighted by atomic mass is 32.2. The van der Waals surface area contributed by atoms with Crippen LogP contribution in [0.25, 0.3) is 0 Å². The minimum Gasteiger partial charge on any atom is -0.396 e. The van der Waals surface area contributed by atoms with Crippen LogP contribution in [-0.4, -0.2) is 60.8 Å². The van der Waals surface area contributed by atoms with Crippen molar-refractivity contribution in [2.24, 2.45) is 5.41 Å². The fraction of sp³-hybridized carbons (Fsp3) is 1.00. The Bertz CT molecular complexity index is 405. The predicted molar refractivity (Wildman–Crippen MR) is 84.8 cm³/mol. The lowest BCUT2D eigenvalue weighted by atomic mass is 9.74. The van der Waals surface area contributed by atoms with Crippen LogP contribution in [0.3, 0.4) is 0 Å². The summed E-state index contributed by atoms with van der Waals surface area (Å²) in [4.78, 5) is 2.14. The molecule has 118 valence electrons. The summed E-state index contributed by atoms with van der Waals surface area (Å²) in [5.41, 5.74) is -0.0677. The van der Waals surface area contributed by atoms with Crippen molar-refractivity contribution in [3.63, 3.8) is 0 Å². The molecule has 0 aromatic carbocycles. The van der Waals surface area contributed by atoms with E-state index >= 15 is 0 Å². The third-order valence-electron chi connectivity index (χ3n) is 4.80. The molecule has 20 heavy (non-hydrogen) atoms. The first-order valence-corrected chi connectivity index (χ1v) is 10.5. The van der Waals surface area contributed by atoms with Gasteiger partial charge in [0.1, 0.15) is 5.37 Å². The number of nitrogens with zero attached hydrogens (tertiary/aromatic N) is 1. The standard InChI is InChI=1S/C14H27NO3S2/c1-2-20(17,18)13-10-19-9-8-15(13)11-14(12-16)6-4-3-5-7-14/h13,16H,2-12H2,1H3. The van der Waals surface area contributed by atoms with Gasteiger partial charge in [0.2, 0.25) is 0 Å². The molecule has 4 nitrogen and oxygen atoms in total. The van der Waals surface area contributed by atoms with Crippen molar-refractivity contribution in [2.45, 2.75) is 44.4 Å². The zero-order valence-corrected chi connectivity index (χ0v) is 14.0. The molecule has 0 aromatic heterocycles. The van der Waals surface area contributed by atoms with Gasteiger partial charge in [0.05, 0.1) is 0 Å².